The smallest absolute Gasteiger partial charge is 0.338 e. The summed E-state index contributed by atoms with van der Waals surface area (Å²) in [7, 11) is 0. The number of carbonyl (C=O) groups excluding carboxylic acids is 1. The van der Waals surface area contributed by atoms with Crippen molar-refractivity contribution in [2.75, 3.05) is 13.1 Å². The molecule has 1 N–H and O–H groups in total. The first-order chi connectivity index (χ1) is 13.5. The number of carbonyl (C=O) groups is 2. The van der Waals surface area contributed by atoms with Crippen LogP contribution < -0.4 is 0 Å². The van der Waals surface area contributed by atoms with E-state index in [1.54, 1.807) is 34.0 Å². The van der Waals surface area contributed by atoms with Gasteiger partial charge in [0.1, 0.15) is 5.82 Å². The Morgan fingerprint density at radius 2 is 1.82 bits per heavy atom. The van der Waals surface area contributed by atoms with Gasteiger partial charge in [-0.1, -0.05) is 0 Å². The van der Waals surface area contributed by atoms with Crippen LogP contribution in [0.15, 0.2) is 48.9 Å². The molecule has 1 saturated heterocycles. The minimum atomic E-state index is -1.00. The molecule has 8 nitrogen and oxygen atoms in total. The van der Waals surface area contributed by atoms with Gasteiger partial charge in [-0.3, -0.25) is 9.48 Å². The van der Waals surface area contributed by atoms with Crippen LogP contribution in [0.2, 0.25) is 0 Å². The van der Waals surface area contributed by atoms with E-state index in [-0.39, 0.29) is 23.3 Å². The van der Waals surface area contributed by atoms with Gasteiger partial charge in [0, 0.05) is 25.5 Å². The SMILES string of the molecule is O=C(O)c1cnn(C2CCN(C(=O)c3ccn(-c4ccc(F)cc4)n3)CC2)c1. The predicted molar refractivity (Wildman–Crippen MR) is 96.9 cm³/mol. The topological polar surface area (TPSA) is 93.3 Å². The lowest BCUT2D eigenvalue weighted by Gasteiger charge is -2.31. The van der Waals surface area contributed by atoms with Gasteiger partial charge in [-0.2, -0.15) is 10.2 Å². The lowest BCUT2D eigenvalue weighted by molar-refractivity contribution is 0.0682. The lowest BCUT2D eigenvalue weighted by atomic mass is 10.0. The van der Waals surface area contributed by atoms with Crippen molar-refractivity contribution >= 4 is 11.9 Å². The van der Waals surface area contributed by atoms with E-state index < -0.39 is 5.97 Å². The summed E-state index contributed by atoms with van der Waals surface area (Å²) >= 11 is 0. The molecule has 1 aliphatic rings. The summed E-state index contributed by atoms with van der Waals surface area (Å²) in [5, 5.41) is 17.4. The van der Waals surface area contributed by atoms with Crippen molar-refractivity contribution in [2.45, 2.75) is 18.9 Å². The number of aromatic carboxylic acids is 1. The predicted octanol–water partition coefficient (Wildman–Crippen LogP) is 2.38. The average molecular weight is 383 g/mol. The van der Waals surface area contributed by atoms with E-state index in [0.29, 0.717) is 37.3 Å². The molecule has 1 fully saturated rings. The highest BCUT2D eigenvalue weighted by atomic mass is 19.1. The van der Waals surface area contributed by atoms with E-state index >= 15 is 0 Å². The van der Waals surface area contributed by atoms with E-state index in [2.05, 4.69) is 10.2 Å². The zero-order valence-electron chi connectivity index (χ0n) is 14.9. The number of likely N-dealkylation sites (tertiary alicyclic amines) is 1. The van der Waals surface area contributed by atoms with Gasteiger partial charge in [0.15, 0.2) is 5.69 Å². The van der Waals surface area contributed by atoms with E-state index in [4.69, 9.17) is 5.11 Å². The van der Waals surface area contributed by atoms with Crippen molar-refractivity contribution in [2.24, 2.45) is 0 Å². The van der Waals surface area contributed by atoms with Gasteiger partial charge in [0.25, 0.3) is 5.91 Å². The maximum atomic E-state index is 13.0. The van der Waals surface area contributed by atoms with Gasteiger partial charge in [0.05, 0.1) is 23.5 Å². The highest BCUT2D eigenvalue weighted by Crippen LogP contribution is 2.23. The van der Waals surface area contributed by atoms with Crippen molar-refractivity contribution in [1.82, 2.24) is 24.5 Å². The van der Waals surface area contributed by atoms with Crippen LogP contribution in [-0.4, -0.2) is 54.5 Å². The van der Waals surface area contributed by atoms with E-state index in [1.165, 1.54) is 29.2 Å². The van der Waals surface area contributed by atoms with Crippen LogP contribution in [0.5, 0.6) is 0 Å². The van der Waals surface area contributed by atoms with Crippen molar-refractivity contribution in [1.29, 1.82) is 0 Å². The first-order valence-corrected chi connectivity index (χ1v) is 8.89. The molecule has 1 amide bonds. The fraction of sp³-hybridized carbons (Fsp3) is 0.263. The molecule has 1 aromatic carbocycles. The number of piperidine rings is 1. The number of halogens is 1. The molecule has 0 atom stereocenters. The zero-order valence-corrected chi connectivity index (χ0v) is 14.9. The van der Waals surface area contributed by atoms with Gasteiger partial charge in [-0.25, -0.2) is 13.9 Å². The third-order valence-electron chi connectivity index (χ3n) is 4.87. The molecule has 1 aliphatic heterocycles. The Kier molecular flexibility index (Phi) is 4.64. The fourth-order valence-corrected chi connectivity index (χ4v) is 3.32. The number of hydrogen-bond acceptors (Lipinski definition) is 4. The van der Waals surface area contributed by atoms with Gasteiger partial charge in [0.2, 0.25) is 0 Å². The molecule has 144 valence electrons. The normalized spacial score (nSPS) is 15.0. The second-order valence-electron chi connectivity index (χ2n) is 6.66. The fourth-order valence-electron chi connectivity index (χ4n) is 3.32. The highest BCUT2D eigenvalue weighted by molar-refractivity contribution is 5.92. The third kappa shape index (κ3) is 3.51. The highest BCUT2D eigenvalue weighted by Gasteiger charge is 2.26. The Morgan fingerprint density at radius 3 is 2.46 bits per heavy atom. The molecular weight excluding hydrogens is 365 g/mol. The molecule has 4 rings (SSSR count). The number of amides is 1. The molecule has 0 saturated carbocycles. The second-order valence-corrected chi connectivity index (χ2v) is 6.66. The van der Waals surface area contributed by atoms with Gasteiger partial charge in [-0.05, 0) is 43.2 Å². The zero-order chi connectivity index (χ0) is 19.7. The third-order valence-corrected chi connectivity index (χ3v) is 4.87. The number of aromatic nitrogens is 4. The minimum absolute atomic E-state index is 0.0638. The molecule has 0 aliphatic carbocycles. The molecule has 0 bridgehead atoms. The van der Waals surface area contributed by atoms with Crippen LogP contribution in [0, 0.1) is 5.82 Å². The van der Waals surface area contributed by atoms with E-state index in [1.807, 2.05) is 0 Å². The van der Waals surface area contributed by atoms with Crippen LogP contribution in [-0.2, 0) is 0 Å². The van der Waals surface area contributed by atoms with Gasteiger partial charge < -0.3 is 10.0 Å². The average Bonchev–Trinajstić information content (AvgIpc) is 3.38. The number of carboxylic acids is 1. The first kappa shape index (κ1) is 17.9. The van der Waals surface area contributed by atoms with Crippen molar-refractivity contribution in [3.05, 3.63) is 66.0 Å². The molecule has 28 heavy (non-hydrogen) atoms. The van der Waals surface area contributed by atoms with Crippen LogP contribution in [0.1, 0.15) is 39.7 Å². The quantitative estimate of drug-likeness (QED) is 0.747. The minimum Gasteiger partial charge on any atom is -0.478 e. The molecule has 0 radical (unpaired) electrons. The maximum absolute atomic E-state index is 13.0. The number of hydrogen-bond donors (Lipinski definition) is 1. The lowest BCUT2D eigenvalue weighted by Crippen LogP contribution is -2.39. The summed E-state index contributed by atoms with van der Waals surface area (Å²) in [6.45, 7) is 1.07. The molecule has 0 unspecified atom stereocenters. The summed E-state index contributed by atoms with van der Waals surface area (Å²) < 4.78 is 16.2. The van der Waals surface area contributed by atoms with E-state index in [9.17, 15) is 14.0 Å². The summed E-state index contributed by atoms with van der Waals surface area (Å²) in [5.41, 5.74) is 1.16. The summed E-state index contributed by atoms with van der Waals surface area (Å²) in [4.78, 5) is 25.4. The Bertz CT molecular complexity index is 1000. The van der Waals surface area contributed by atoms with Crippen molar-refractivity contribution in [3.8, 4) is 5.69 Å². The molecule has 3 heterocycles. The Balaban J connectivity index is 1.40. The number of benzene rings is 1. The monoisotopic (exact) mass is 383 g/mol. The molecule has 3 aromatic rings. The van der Waals surface area contributed by atoms with Crippen molar-refractivity contribution < 1.29 is 19.1 Å². The maximum Gasteiger partial charge on any atom is 0.338 e. The van der Waals surface area contributed by atoms with Crippen LogP contribution in [0.3, 0.4) is 0 Å². The standard InChI is InChI=1S/C19H18FN5O3/c20-14-1-3-15(4-2-14)24-10-7-17(22-24)18(26)23-8-5-16(6-9-23)25-12-13(11-21-25)19(27)28/h1-4,7,10-12,16H,5-6,8-9H2,(H,27,28). The Labute approximate surface area is 159 Å². The van der Waals surface area contributed by atoms with Crippen molar-refractivity contribution in [3.63, 3.8) is 0 Å². The van der Waals surface area contributed by atoms with Crippen LogP contribution in [0.4, 0.5) is 4.39 Å². The number of nitrogens with zero attached hydrogens (tertiary/aromatic N) is 5. The van der Waals surface area contributed by atoms with Crippen LogP contribution >= 0.6 is 0 Å². The Morgan fingerprint density at radius 1 is 1.11 bits per heavy atom. The molecular formula is C19H18FN5O3. The summed E-state index contributed by atoms with van der Waals surface area (Å²) in [6.07, 6.45) is 5.90. The molecule has 2 aromatic heterocycles. The molecule has 0 spiro atoms. The first-order valence-electron chi connectivity index (χ1n) is 8.89. The van der Waals surface area contributed by atoms with Gasteiger partial charge >= 0.3 is 5.97 Å². The number of rotatable bonds is 4. The second kappa shape index (κ2) is 7.26. The summed E-state index contributed by atoms with van der Waals surface area (Å²) in [6, 6.07) is 7.58. The van der Waals surface area contributed by atoms with Crippen LogP contribution in [0.25, 0.3) is 5.69 Å². The van der Waals surface area contributed by atoms with Gasteiger partial charge in [-0.15, -0.1) is 0 Å². The number of carboxylic acid groups (broad SMARTS) is 1. The summed E-state index contributed by atoms with van der Waals surface area (Å²) in [5.74, 6) is -1.50. The van der Waals surface area contributed by atoms with E-state index in [0.717, 1.165) is 0 Å². The Hall–Kier alpha value is -3.49. The molecule has 9 heteroatoms. The largest absolute Gasteiger partial charge is 0.478 e.